The monoisotopic (exact) mass is 475 g/mol. The minimum absolute atomic E-state index is 0.0562. The first-order chi connectivity index (χ1) is 15.5. The SMILES string of the molecule is C[C@H](Sc1ccc(Cl)cc1)C(=O)N/N=C\c1ccc(OCC(=O)NC[C@H]2CCCO2)cc1. The van der Waals surface area contributed by atoms with Crippen LogP contribution >= 0.6 is 23.4 Å². The van der Waals surface area contributed by atoms with Crippen LogP contribution in [0, 0.1) is 0 Å². The van der Waals surface area contributed by atoms with Crippen LogP contribution in [0.4, 0.5) is 0 Å². The number of nitrogens with one attached hydrogen (secondary N) is 2. The topological polar surface area (TPSA) is 89.0 Å². The van der Waals surface area contributed by atoms with Crippen LogP contribution in [-0.2, 0) is 14.3 Å². The summed E-state index contributed by atoms with van der Waals surface area (Å²) in [5, 5.41) is 7.17. The lowest BCUT2D eigenvalue weighted by Crippen LogP contribution is -2.35. The molecular weight excluding hydrogens is 450 g/mol. The van der Waals surface area contributed by atoms with Gasteiger partial charge in [0, 0.05) is 23.1 Å². The molecule has 1 aliphatic heterocycles. The van der Waals surface area contributed by atoms with Crippen molar-refractivity contribution in [3.63, 3.8) is 0 Å². The molecule has 7 nitrogen and oxygen atoms in total. The van der Waals surface area contributed by atoms with Crippen molar-refractivity contribution in [3.8, 4) is 5.75 Å². The van der Waals surface area contributed by atoms with Crippen molar-refractivity contribution in [2.75, 3.05) is 19.8 Å². The maximum absolute atomic E-state index is 12.2. The fourth-order valence-corrected chi connectivity index (χ4v) is 3.90. The molecule has 2 aromatic rings. The summed E-state index contributed by atoms with van der Waals surface area (Å²) in [6.45, 7) is 3.03. The largest absolute Gasteiger partial charge is 0.484 e. The van der Waals surface area contributed by atoms with Crippen LogP contribution in [0.5, 0.6) is 5.75 Å². The molecule has 2 atom stereocenters. The van der Waals surface area contributed by atoms with Gasteiger partial charge in [0.15, 0.2) is 6.61 Å². The summed E-state index contributed by atoms with van der Waals surface area (Å²) >= 11 is 7.30. The second-order valence-electron chi connectivity index (χ2n) is 7.25. The Morgan fingerprint density at radius 1 is 1.25 bits per heavy atom. The van der Waals surface area contributed by atoms with Crippen molar-refractivity contribution < 1.29 is 19.1 Å². The van der Waals surface area contributed by atoms with Gasteiger partial charge in [-0.2, -0.15) is 5.10 Å². The van der Waals surface area contributed by atoms with Crippen LogP contribution in [0.2, 0.25) is 5.02 Å². The molecule has 3 rings (SSSR count). The summed E-state index contributed by atoms with van der Waals surface area (Å²) in [6, 6.07) is 14.4. The molecule has 1 fully saturated rings. The molecule has 0 aliphatic carbocycles. The highest BCUT2D eigenvalue weighted by Crippen LogP contribution is 2.24. The number of ether oxygens (including phenoxy) is 2. The van der Waals surface area contributed by atoms with Crippen LogP contribution in [0.15, 0.2) is 58.5 Å². The summed E-state index contributed by atoms with van der Waals surface area (Å²) in [5.41, 5.74) is 3.33. The van der Waals surface area contributed by atoms with Crippen molar-refractivity contribution >= 4 is 41.4 Å². The Bertz CT molecular complexity index is 916. The van der Waals surface area contributed by atoms with E-state index in [4.69, 9.17) is 21.1 Å². The van der Waals surface area contributed by atoms with Crippen molar-refractivity contribution in [3.05, 3.63) is 59.1 Å². The molecule has 2 aromatic carbocycles. The summed E-state index contributed by atoms with van der Waals surface area (Å²) in [6.07, 6.45) is 3.68. The number of hydrogen-bond acceptors (Lipinski definition) is 6. The zero-order valence-electron chi connectivity index (χ0n) is 17.8. The van der Waals surface area contributed by atoms with Gasteiger partial charge in [-0.15, -0.1) is 11.8 Å². The van der Waals surface area contributed by atoms with E-state index >= 15 is 0 Å². The first-order valence-electron chi connectivity index (χ1n) is 10.4. The van der Waals surface area contributed by atoms with Gasteiger partial charge < -0.3 is 14.8 Å². The van der Waals surface area contributed by atoms with Gasteiger partial charge in [0.1, 0.15) is 5.75 Å². The molecule has 0 radical (unpaired) electrons. The van der Waals surface area contributed by atoms with Crippen LogP contribution in [0.3, 0.4) is 0 Å². The van der Waals surface area contributed by atoms with Gasteiger partial charge in [0.05, 0.1) is 17.6 Å². The Morgan fingerprint density at radius 3 is 2.69 bits per heavy atom. The van der Waals surface area contributed by atoms with Crippen molar-refractivity contribution in [1.29, 1.82) is 0 Å². The molecule has 9 heteroatoms. The van der Waals surface area contributed by atoms with Gasteiger partial charge in [-0.3, -0.25) is 9.59 Å². The molecule has 2 N–H and O–H groups in total. The van der Waals surface area contributed by atoms with E-state index in [2.05, 4.69) is 15.8 Å². The number of hydrogen-bond donors (Lipinski definition) is 2. The van der Waals surface area contributed by atoms with Gasteiger partial charge in [-0.05, 0) is 73.9 Å². The van der Waals surface area contributed by atoms with Gasteiger partial charge >= 0.3 is 0 Å². The van der Waals surface area contributed by atoms with Crippen LogP contribution in [0.1, 0.15) is 25.3 Å². The Balaban J connectivity index is 1.37. The predicted octanol–water partition coefficient (Wildman–Crippen LogP) is 3.64. The molecular formula is C23H26ClN3O4S. The second kappa shape index (κ2) is 12.5. The summed E-state index contributed by atoms with van der Waals surface area (Å²) in [7, 11) is 0. The van der Waals surface area contributed by atoms with E-state index in [0.29, 0.717) is 17.3 Å². The fraction of sp³-hybridized carbons (Fsp3) is 0.348. The average molecular weight is 476 g/mol. The Hall–Kier alpha value is -2.55. The first-order valence-corrected chi connectivity index (χ1v) is 11.6. The van der Waals surface area contributed by atoms with Crippen molar-refractivity contribution in [2.45, 2.75) is 36.0 Å². The molecule has 1 aliphatic rings. The number of carbonyl (C=O) groups is 2. The number of thioether (sulfide) groups is 1. The van der Waals surface area contributed by atoms with E-state index in [1.807, 2.05) is 19.1 Å². The minimum atomic E-state index is -0.310. The number of amides is 2. The van der Waals surface area contributed by atoms with Crippen LogP contribution in [-0.4, -0.2) is 49.1 Å². The smallest absolute Gasteiger partial charge is 0.258 e. The first kappa shape index (κ1) is 24.1. The van der Waals surface area contributed by atoms with Gasteiger partial charge in [-0.25, -0.2) is 5.43 Å². The summed E-state index contributed by atoms with van der Waals surface area (Å²) < 4.78 is 11.0. The molecule has 2 amide bonds. The third kappa shape index (κ3) is 8.18. The maximum Gasteiger partial charge on any atom is 0.258 e. The number of halogens is 1. The lowest BCUT2D eigenvalue weighted by molar-refractivity contribution is -0.123. The molecule has 0 bridgehead atoms. The van der Waals surface area contributed by atoms with Crippen LogP contribution < -0.4 is 15.5 Å². The zero-order valence-corrected chi connectivity index (χ0v) is 19.3. The molecule has 1 heterocycles. The standard InChI is InChI=1S/C23H26ClN3O4S/c1-16(32-21-10-6-18(24)7-11-21)23(29)27-26-13-17-4-8-19(9-5-17)31-15-22(28)25-14-20-3-2-12-30-20/h4-11,13,16,20H,2-3,12,14-15H2,1H3,(H,25,28)(H,27,29)/b26-13-/t16-,20+/m0/s1. The second-order valence-corrected chi connectivity index (χ2v) is 9.10. The third-order valence-corrected chi connectivity index (χ3v) is 6.05. The molecule has 0 saturated carbocycles. The molecule has 0 unspecified atom stereocenters. The third-order valence-electron chi connectivity index (χ3n) is 4.69. The lowest BCUT2D eigenvalue weighted by Gasteiger charge is -2.11. The predicted molar refractivity (Wildman–Crippen MR) is 126 cm³/mol. The molecule has 0 spiro atoms. The normalized spacial score (nSPS) is 16.6. The maximum atomic E-state index is 12.2. The van der Waals surface area contributed by atoms with Gasteiger partial charge in [-0.1, -0.05) is 11.6 Å². The fourth-order valence-electron chi connectivity index (χ4n) is 2.92. The number of nitrogens with zero attached hydrogens (tertiary/aromatic N) is 1. The molecule has 0 aromatic heterocycles. The summed E-state index contributed by atoms with van der Waals surface area (Å²) in [4.78, 5) is 25.0. The highest BCUT2D eigenvalue weighted by Gasteiger charge is 2.16. The van der Waals surface area contributed by atoms with E-state index in [-0.39, 0.29) is 29.8 Å². The highest BCUT2D eigenvalue weighted by molar-refractivity contribution is 8.00. The van der Waals surface area contributed by atoms with E-state index in [0.717, 1.165) is 29.9 Å². The van der Waals surface area contributed by atoms with E-state index in [1.54, 1.807) is 42.6 Å². The lowest BCUT2D eigenvalue weighted by atomic mass is 10.2. The number of carbonyl (C=O) groups excluding carboxylic acids is 2. The molecule has 170 valence electrons. The van der Waals surface area contributed by atoms with E-state index in [1.165, 1.54) is 11.8 Å². The molecule has 1 saturated heterocycles. The number of benzene rings is 2. The van der Waals surface area contributed by atoms with E-state index < -0.39 is 0 Å². The van der Waals surface area contributed by atoms with Crippen molar-refractivity contribution in [2.24, 2.45) is 5.10 Å². The number of hydrazone groups is 1. The Labute approximate surface area is 196 Å². The molecule has 32 heavy (non-hydrogen) atoms. The highest BCUT2D eigenvalue weighted by atomic mass is 35.5. The van der Waals surface area contributed by atoms with E-state index in [9.17, 15) is 9.59 Å². The summed E-state index contributed by atoms with van der Waals surface area (Å²) in [5.74, 6) is 0.195. The van der Waals surface area contributed by atoms with Gasteiger partial charge in [0.25, 0.3) is 11.8 Å². The average Bonchev–Trinajstić information content (AvgIpc) is 3.32. The van der Waals surface area contributed by atoms with Crippen molar-refractivity contribution in [1.82, 2.24) is 10.7 Å². The minimum Gasteiger partial charge on any atom is -0.484 e. The Kier molecular flexibility index (Phi) is 9.40. The quantitative estimate of drug-likeness (QED) is 0.311. The number of rotatable bonds is 10. The van der Waals surface area contributed by atoms with Crippen LogP contribution in [0.25, 0.3) is 0 Å². The zero-order chi connectivity index (χ0) is 22.8. The van der Waals surface area contributed by atoms with Gasteiger partial charge in [0.2, 0.25) is 0 Å². The Morgan fingerprint density at radius 2 is 2.00 bits per heavy atom.